The number of rotatable bonds is 9. The molecule has 2 N–H and O–H groups in total. The fraction of sp³-hybridized carbons (Fsp3) is 0.731. The normalized spacial score (nSPS) is 31.3. The number of benzene rings is 1. The van der Waals surface area contributed by atoms with Gasteiger partial charge in [0.2, 0.25) is 0 Å². The summed E-state index contributed by atoms with van der Waals surface area (Å²) in [7, 11) is -0.985. The summed E-state index contributed by atoms with van der Waals surface area (Å²) in [5.41, 5.74) is 6.96. The lowest BCUT2D eigenvalue weighted by molar-refractivity contribution is -0.214. The molecule has 2 rings (SSSR count). The van der Waals surface area contributed by atoms with Crippen molar-refractivity contribution in [2.75, 3.05) is 13.7 Å². The first kappa shape index (κ1) is 30.3. The molecule has 0 amide bonds. The Balaban J connectivity index is 0.000000451. The van der Waals surface area contributed by atoms with Crippen LogP contribution in [0.5, 0.6) is 0 Å². The van der Waals surface area contributed by atoms with E-state index in [2.05, 4.69) is 48.5 Å². The van der Waals surface area contributed by atoms with Gasteiger partial charge in [-0.1, -0.05) is 65.2 Å². The van der Waals surface area contributed by atoms with E-state index in [0.29, 0.717) is 29.9 Å². The third-order valence-electron chi connectivity index (χ3n) is 7.93. The Morgan fingerprint density at radius 2 is 1.58 bits per heavy atom. The van der Waals surface area contributed by atoms with Crippen molar-refractivity contribution in [2.24, 2.45) is 23.5 Å². The summed E-state index contributed by atoms with van der Waals surface area (Å²) >= 11 is 5.22. The van der Waals surface area contributed by atoms with E-state index in [-0.39, 0.29) is 11.2 Å². The van der Waals surface area contributed by atoms with Crippen molar-refractivity contribution in [3.8, 4) is 0 Å². The van der Waals surface area contributed by atoms with Crippen molar-refractivity contribution in [3.63, 3.8) is 0 Å². The maximum atomic E-state index is 10.5. The Hall–Kier alpha value is -0.763. The Kier molecular flexibility index (Phi) is 11.7. The Morgan fingerprint density at radius 1 is 1.12 bits per heavy atom. The van der Waals surface area contributed by atoms with Gasteiger partial charge in [0, 0.05) is 24.6 Å². The van der Waals surface area contributed by atoms with Crippen LogP contribution in [0, 0.1) is 24.7 Å². The molecule has 190 valence electrons. The number of hydrogen-bond donors (Lipinski definition) is 1. The van der Waals surface area contributed by atoms with Gasteiger partial charge in [-0.2, -0.15) is 0 Å². The molecule has 0 aromatic heterocycles. The van der Waals surface area contributed by atoms with Gasteiger partial charge in [0.05, 0.1) is 11.2 Å². The zero-order chi connectivity index (χ0) is 25.4. The topological polar surface area (TPSA) is 70.8 Å². The van der Waals surface area contributed by atoms with Gasteiger partial charge in [-0.15, -0.1) is 0 Å². The second-order valence-electron chi connectivity index (χ2n) is 9.83. The predicted octanol–water partition coefficient (Wildman–Crippen LogP) is 6.59. The van der Waals surface area contributed by atoms with E-state index in [9.17, 15) is 4.79 Å². The summed E-state index contributed by atoms with van der Waals surface area (Å²) in [5, 5.41) is -0.403. The molecule has 4 atom stereocenters. The van der Waals surface area contributed by atoms with Crippen LogP contribution < -0.4 is 5.73 Å². The van der Waals surface area contributed by atoms with Crippen LogP contribution in [-0.4, -0.2) is 38.9 Å². The van der Waals surface area contributed by atoms with Crippen molar-refractivity contribution in [2.45, 2.75) is 91.9 Å². The lowest BCUT2D eigenvalue weighted by atomic mass is 9.67. The minimum absolute atomic E-state index is 0.234. The lowest BCUT2D eigenvalue weighted by Crippen LogP contribution is -2.70. The van der Waals surface area contributed by atoms with Crippen LogP contribution in [0.1, 0.15) is 83.7 Å². The molecule has 1 aliphatic heterocycles. The molecule has 0 bridgehead atoms. The largest absolute Gasteiger partial charge is 0.501 e. The van der Waals surface area contributed by atoms with Crippen LogP contribution >= 0.6 is 11.6 Å². The lowest BCUT2D eigenvalue weighted by Gasteiger charge is -2.59. The molecule has 0 aliphatic carbocycles. The van der Waals surface area contributed by atoms with E-state index in [1.807, 2.05) is 19.1 Å². The predicted molar refractivity (Wildman–Crippen MR) is 140 cm³/mol. The van der Waals surface area contributed by atoms with Gasteiger partial charge >= 0.3 is 8.80 Å². The molecule has 1 aromatic carbocycles. The van der Waals surface area contributed by atoms with Crippen LogP contribution in [0.4, 0.5) is 0 Å². The smallest absolute Gasteiger partial charge is 0.377 e. The summed E-state index contributed by atoms with van der Waals surface area (Å²) in [6, 6.07) is 7.94. The first-order chi connectivity index (χ1) is 15.4. The molecule has 0 radical (unpaired) electrons. The van der Waals surface area contributed by atoms with Crippen molar-refractivity contribution < 1.29 is 18.1 Å². The molecular formula is C26H46ClNO4Si. The Labute approximate surface area is 208 Å². The Bertz CT molecular complexity index is 720. The highest BCUT2D eigenvalue weighted by atomic mass is 35.5. The van der Waals surface area contributed by atoms with Crippen molar-refractivity contribution in [1.29, 1.82) is 0 Å². The van der Waals surface area contributed by atoms with Crippen molar-refractivity contribution >= 4 is 25.6 Å². The van der Waals surface area contributed by atoms with E-state index in [4.69, 9.17) is 30.6 Å². The van der Waals surface area contributed by atoms with E-state index < -0.39 is 14.0 Å². The summed E-state index contributed by atoms with van der Waals surface area (Å²) in [6.45, 7) is 18.5. The molecule has 5 nitrogen and oxygen atoms in total. The van der Waals surface area contributed by atoms with Crippen molar-refractivity contribution in [3.05, 3.63) is 35.4 Å². The summed E-state index contributed by atoms with van der Waals surface area (Å²) in [5.74, 6) is 1.20. The molecule has 1 fully saturated rings. The molecule has 33 heavy (non-hydrogen) atoms. The molecule has 4 unspecified atom stereocenters. The number of nitrogens with two attached hydrogens (primary N) is 1. The van der Waals surface area contributed by atoms with Crippen molar-refractivity contribution in [1.82, 2.24) is 0 Å². The first-order valence-corrected chi connectivity index (χ1v) is 14.6. The SMILES string of the molecule is CCC(C)C1(C)O[Si](CCCN)(OC)OC(C)(C(C)CC)C1C.Cc1ccc(C(=O)Cl)cc1. The number of halogens is 1. The summed E-state index contributed by atoms with van der Waals surface area (Å²) in [6.07, 6.45) is 3.05. The standard InChI is InChI=1S/C18H39NO3Si.C8H7ClO/c1-9-14(3)17(6)16(5)18(7,15(4)10-2)22-23(20-8,21-17)13-11-12-19;1-6-2-4-7(5-3-6)8(9)10/h14-16H,9-13,19H2,1-8H3;2-5H,1H3. The zero-order valence-corrected chi connectivity index (χ0v) is 23.9. The van der Waals surface area contributed by atoms with E-state index >= 15 is 0 Å². The highest BCUT2D eigenvalue weighted by Crippen LogP contribution is 2.51. The van der Waals surface area contributed by atoms with Crippen LogP contribution in [0.25, 0.3) is 0 Å². The maximum Gasteiger partial charge on any atom is 0.501 e. The van der Waals surface area contributed by atoms with Gasteiger partial charge in [0.15, 0.2) is 0 Å². The van der Waals surface area contributed by atoms with Gasteiger partial charge in [-0.25, -0.2) is 0 Å². The van der Waals surface area contributed by atoms with Crippen LogP contribution in [0.15, 0.2) is 24.3 Å². The van der Waals surface area contributed by atoms with Gasteiger partial charge in [0.1, 0.15) is 0 Å². The first-order valence-electron chi connectivity index (χ1n) is 12.3. The molecule has 1 heterocycles. The van der Waals surface area contributed by atoms with E-state index in [1.165, 1.54) is 0 Å². The van der Waals surface area contributed by atoms with Gasteiger partial charge < -0.3 is 19.0 Å². The average Bonchev–Trinajstić information content (AvgIpc) is 2.80. The molecular weight excluding hydrogens is 454 g/mol. The summed E-state index contributed by atoms with van der Waals surface area (Å²) in [4.78, 5) is 10.5. The van der Waals surface area contributed by atoms with Gasteiger partial charge in [0.25, 0.3) is 5.24 Å². The fourth-order valence-electron chi connectivity index (χ4n) is 4.59. The second kappa shape index (κ2) is 12.8. The molecule has 1 aromatic rings. The van der Waals surface area contributed by atoms with Gasteiger partial charge in [-0.3, -0.25) is 4.79 Å². The highest BCUT2D eigenvalue weighted by Gasteiger charge is 2.62. The minimum Gasteiger partial charge on any atom is -0.377 e. The quantitative estimate of drug-likeness (QED) is 0.306. The Morgan fingerprint density at radius 3 is 1.91 bits per heavy atom. The average molecular weight is 500 g/mol. The van der Waals surface area contributed by atoms with E-state index in [1.54, 1.807) is 19.2 Å². The molecule has 1 saturated heterocycles. The molecule has 0 spiro atoms. The second-order valence-corrected chi connectivity index (χ2v) is 12.9. The van der Waals surface area contributed by atoms with Gasteiger partial charge in [-0.05, 0) is 69.3 Å². The molecule has 7 heteroatoms. The fourth-order valence-corrected chi connectivity index (χ4v) is 8.07. The van der Waals surface area contributed by atoms with Crippen LogP contribution in [0.3, 0.4) is 0 Å². The minimum atomic E-state index is -2.73. The third-order valence-corrected chi connectivity index (χ3v) is 11.2. The van der Waals surface area contributed by atoms with E-state index in [0.717, 1.165) is 30.9 Å². The monoisotopic (exact) mass is 499 g/mol. The zero-order valence-electron chi connectivity index (χ0n) is 22.2. The molecule has 1 aliphatic rings. The number of carbonyl (C=O) groups excluding carboxylic acids is 1. The summed E-state index contributed by atoms with van der Waals surface area (Å²) < 4.78 is 19.4. The molecule has 0 saturated carbocycles. The maximum absolute atomic E-state index is 10.5. The number of aryl methyl sites for hydroxylation is 1. The number of hydrogen-bond acceptors (Lipinski definition) is 5. The third kappa shape index (κ3) is 7.12. The van der Waals surface area contributed by atoms with Crippen LogP contribution in [-0.2, 0) is 13.3 Å². The number of carbonyl (C=O) groups is 1. The highest BCUT2D eigenvalue weighted by molar-refractivity contribution is 6.67. The van der Waals surface area contributed by atoms with Crippen LogP contribution in [0.2, 0.25) is 6.04 Å².